The molecule has 0 saturated carbocycles. The van der Waals surface area contributed by atoms with Crippen molar-refractivity contribution in [2.75, 3.05) is 18.5 Å². The number of hydrogen-bond donors (Lipinski definition) is 1. The topological polar surface area (TPSA) is 54.3 Å². The zero-order valence-corrected chi connectivity index (χ0v) is 12.4. The number of likely N-dealkylation sites (tertiary alicyclic amines) is 1. The van der Waals surface area contributed by atoms with Gasteiger partial charge in [0.2, 0.25) is 5.91 Å². The lowest BCUT2D eigenvalue weighted by molar-refractivity contribution is -0.128. The van der Waals surface area contributed by atoms with Crippen LogP contribution in [0.15, 0.2) is 29.1 Å². The summed E-state index contributed by atoms with van der Waals surface area (Å²) in [5.74, 6) is -0.437. The van der Waals surface area contributed by atoms with Crippen LogP contribution in [0.5, 0.6) is 0 Å². The van der Waals surface area contributed by atoms with Crippen LogP contribution >= 0.6 is 0 Å². The fraction of sp³-hybridized carbons (Fsp3) is 0.375. The summed E-state index contributed by atoms with van der Waals surface area (Å²) in [6.07, 6.45) is 1.39. The van der Waals surface area contributed by atoms with Gasteiger partial charge in [-0.25, -0.2) is 9.07 Å². The molecule has 22 heavy (non-hydrogen) atoms. The Kier molecular flexibility index (Phi) is 3.83. The van der Waals surface area contributed by atoms with Gasteiger partial charge in [0.1, 0.15) is 5.82 Å². The van der Waals surface area contributed by atoms with E-state index in [1.165, 1.54) is 10.7 Å². The first kappa shape index (κ1) is 14.6. The monoisotopic (exact) mass is 303 g/mol. The third-order valence-electron chi connectivity index (χ3n) is 3.91. The Morgan fingerprint density at radius 1 is 1.32 bits per heavy atom. The average molecular weight is 303 g/mol. The smallest absolute Gasteiger partial charge is 0.279 e. The molecule has 1 aliphatic rings. The quantitative estimate of drug-likeness (QED) is 0.937. The Morgan fingerprint density at radius 2 is 2.14 bits per heavy atom. The summed E-state index contributed by atoms with van der Waals surface area (Å²) in [7, 11) is 0. The van der Waals surface area contributed by atoms with Gasteiger partial charge in [-0.05, 0) is 30.9 Å². The first-order valence-corrected chi connectivity index (χ1v) is 7.46. The highest BCUT2D eigenvalue weighted by molar-refractivity contribution is 5.83. The molecule has 1 N–H and O–H groups in total. The molecule has 116 valence electrons. The maximum atomic E-state index is 14.0. The number of amides is 1. The molecule has 0 atom stereocenters. The van der Waals surface area contributed by atoms with E-state index in [2.05, 4.69) is 5.43 Å². The average Bonchev–Trinajstić information content (AvgIpc) is 2.88. The van der Waals surface area contributed by atoms with Gasteiger partial charge >= 0.3 is 0 Å². The standard InChI is InChI=1S/C16H18FN3O2/c1-2-18-20-12(10-19-8-4-7-14(19)21)9-11-5-3-6-13(17)15(11)16(20)22/h3,5-6,9,18H,2,4,7-8,10H2,1H3. The van der Waals surface area contributed by atoms with E-state index in [1.54, 1.807) is 23.1 Å². The number of benzene rings is 1. The van der Waals surface area contributed by atoms with Gasteiger partial charge in [0.15, 0.2) is 0 Å². The van der Waals surface area contributed by atoms with Gasteiger partial charge in [-0.3, -0.25) is 9.59 Å². The number of aromatic nitrogens is 1. The summed E-state index contributed by atoms with van der Waals surface area (Å²) in [5, 5.41) is 0.626. The van der Waals surface area contributed by atoms with Gasteiger partial charge in [-0.15, -0.1) is 0 Å². The van der Waals surface area contributed by atoms with Crippen molar-refractivity contribution < 1.29 is 9.18 Å². The van der Waals surface area contributed by atoms with Gasteiger partial charge in [0, 0.05) is 19.5 Å². The minimum atomic E-state index is -0.530. The number of nitrogens with one attached hydrogen (secondary N) is 1. The Hall–Kier alpha value is -2.37. The van der Waals surface area contributed by atoms with E-state index in [9.17, 15) is 14.0 Å². The highest BCUT2D eigenvalue weighted by atomic mass is 19.1. The molecule has 0 bridgehead atoms. The van der Waals surface area contributed by atoms with Crippen LogP contribution in [0.2, 0.25) is 0 Å². The van der Waals surface area contributed by atoms with Gasteiger partial charge in [-0.1, -0.05) is 12.1 Å². The van der Waals surface area contributed by atoms with E-state index in [0.717, 1.165) is 6.42 Å². The molecule has 1 aliphatic heterocycles. The van der Waals surface area contributed by atoms with E-state index in [1.807, 2.05) is 6.92 Å². The number of rotatable bonds is 4. The number of hydrogen-bond acceptors (Lipinski definition) is 3. The molecule has 2 heterocycles. The minimum Gasteiger partial charge on any atom is -0.337 e. The van der Waals surface area contributed by atoms with E-state index >= 15 is 0 Å². The molecule has 1 aromatic heterocycles. The van der Waals surface area contributed by atoms with Crippen molar-refractivity contribution in [3.8, 4) is 0 Å². The summed E-state index contributed by atoms with van der Waals surface area (Å²) in [6.45, 7) is 3.44. The number of fused-ring (bicyclic) bond motifs is 1. The fourth-order valence-electron chi connectivity index (χ4n) is 2.89. The number of carbonyl (C=O) groups excluding carboxylic acids is 1. The molecule has 1 saturated heterocycles. The third kappa shape index (κ3) is 2.45. The van der Waals surface area contributed by atoms with Crippen LogP contribution in [0.4, 0.5) is 4.39 Å². The minimum absolute atomic E-state index is 0.0694. The molecular formula is C16H18FN3O2. The van der Waals surface area contributed by atoms with Gasteiger partial charge in [0.25, 0.3) is 5.56 Å². The molecule has 0 aliphatic carbocycles. The molecule has 0 spiro atoms. The number of pyridine rings is 1. The molecule has 0 radical (unpaired) electrons. The molecule has 6 heteroatoms. The maximum Gasteiger partial charge on any atom is 0.279 e. The molecule has 2 aromatic rings. The van der Waals surface area contributed by atoms with Gasteiger partial charge < -0.3 is 10.3 Å². The predicted octanol–water partition coefficient (Wildman–Crippen LogP) is 1.83. The summed E-state index contributed by atoms with van der Waals surface area (Å²) < 4.78 is 15.3. The number of carbonyl (C=O) groups is 1. The fourth-order valence-corrected chi connectivity index (χ4v) is 2.89. The van der Waals surface area contributed by atoms with Crippen LogP contribution in [0, 0.1) is 5.82 Å². The maximum absolute atomic E-state index is 14.0. The van der Waals surface area contributed by atoms with Crippen LogP contribution in [-0.4, -0.2) is 28.6 Å². The second-order valence-electron chi connectivity index (χ2n) is 5.41. The molecular weight excluding hydrogens is 285 g/mol. The number of nitrogens with zero attached hydrogens (tertiary/aromatic N) is 2. The highest BCUT2D eigenvalue weighted by Crippen LogP contribution is 2.18. The van der Waals surface area contributed by atoms with Crippen LogP contribution in [-0.2, 0) is 11.3 Å². The Bertz CT molecular complexity index is 785. The SMILES string of the molecule is CCNn1c(CN2CCCC2=O)cc2cccc(F)c2c1=O. The van der Waals surface area contributed by atoms with E-state index in [4.69, 9.17) is 0 Å². The molecule has 1 amide bonds. The van der Waals surface area contributed by atoms with Crippen molar-refractivity contribution in [3.05, 3.63) is 46.1 Å². The summed E-state index contributed by atoms with van der Waals surface area (Å²) in [6, 6.07) is 6.35. The summed E-state index contributed by atoms with van der Waals surface area (Å²) >= 11 is 0. The normalized spacial score (nSPS) is 14.8. The van der Waals surface area contributed by atoms with E-state index < -0.39 is 11.4 Å². The number of halogens is 1. The summed E-state index contributed by atoms with van der Waals surface area (Å²) in [4.78, 5) is 26.1. The van der Waals surface area contributed by atoms with Gasteiger partial charge in [-0.2, -0.15) is 0 Å². The molecule has 5 nitrogen and oxygen atoms in total. The Labute approximate surface area is 127 Å². The highest BCUT2D eigenvalue weighted by Gasteiger charge is 2.22. The lowest BCUT2D eigenvalue weighted by Gasteiger charge is -2.20. The lowest BCUT2D eigenvalue weighted by atomic mass is 10.1. The zero-order chi connectivity index (χ0) is 15.7. The second-order valence-corrected chi connectivity index (χ2v) is 5.41. The largest absolute Gasteiger partial charge is 0.337 e. The molecule has 1 fully saturated rings. The lowest BCUT2D eigenvalue weighted by Crippen LogP contribution is -2.35. The predicted molar refractivity (Wildman–Crippen MR) is 82.7 cm³/mol. The third-order valence-corrected chi connectivity index (χ3v) is 3.91. The Morgan fingerprint density at radius 3 is 2.82 bits per heavy atom. The van der Waals surface area contributed by atoms with Crippen molar-refractivity contribution in [2.24, 2.45) is 0 Å². The summed E-state index contributed by atoms with van der Waals surface area (Å²) in [5.41, 5.74) is 3.20. The molecule has 0 unspecified atom stereocenters. The van der Waals surface area contributed by atoms with Crippen LogP contribution in [0.1, 0.15) is 25.5 Å². The van der Waals surface area contributed by atoms with Crippen LogP contribution in [0.3, 0.4) is 0 Å². The first-order chi connectivity index (χ1) is 10.6. The van der Waals surface area contributed by atoms with Crippen LogP contribution in [0.25, 0.3) is 10.8 Å². The van der Waals surface area contributed by atoms with Crippen molar-refractivity contribution in [1.29, 1.82) is 0 Å². The zero-order valence-electron chi connectivity index (χ0n) is 12.4. The first-order valence-electron chi connectivity index (χ1n) is 7.46. The Balaban J connectivity index is 2.13. The van der Waals surface area contributed by atoms with Crippen molar-refractivity contribution >= 4 is 16.7 Å². The van der Waals surface area contributed by atoms with Crippen molar-refractivity contribution in [1.82, 2.24) is 9.58 Å². The molecule has 1 aromatic carbocycles. The molecule has 3 rings (SSSR count). The van der Waals surface area contributed by atoms with E-state index in [0.29, 0.717) is 37.1 Å². The van der Waals surface area contributed by atoms with Crippen molar-refractivity contribution in [2.45, 2.75) is 26.3 Å². The second kappa shape index (κ2) is 5.79. The van der Waals surface area contributed by atoms with Crippen LogP contribution < -0.4 is 11.0 Å². The van der Waals surface area contributed by atoms with Crippen molar-refractivity contribution in [3.63, 3.8) is 0 Å². The van der Waals surface area contributed by atoms with E-state index in [-0.39, 0.29) is 11.3 Å². The van der Waals surface area contributed by atoms with Gasteiger partial charge in [0.05, 0.1) is 17.6 Å².